The first-order chi connectivity index (χ1) is 8.99. The minimum Gasteiger partial charge on any atom is -0.477 e. The summed E-state index contributed by atoms with van der Waals surface area (Å²) in [4.78, 5) is 28.9. The molecule has 0 bridgehead atoms. The van der Waals surface area contributed by atoms with Gasteiger partial charge in [-0.3, -0.25) is 4.79 Å². The number of H-pyrrole nitrogens is 1. The Balaban J connectivity index is 2.28. The third-order valence-electron chi connectivity index (χ3n) is 2.24. The fraction of sp³-hybridized carbons (Fsp3) is 0. The van der Waals surface area contributed by atoms with E-state index in [1.165, 1.54) is 0 Å². The number of rotatable bonds is 3. The molecule has 2 rings (SSSR count). The van der Waals surface area contributed by atoms with E-state index in [1.54, 1.807) is 18.2 Å². The van der Waals surface area contributed by atoms with Gasteiger partial charge in [0.15, 0.2) is 11.4 Å². The van der Waals surface area contributed by atoms with Crippen LogP contribution in [0.5, 0.6) is 0 Å². The van der Waals surface area contributed by atoms with E-state index in [0.29, 0.717) is 10.7 Å². The third kappa shape index (κ3) is 2.94. The van der Waals surface area contributed by atoms with Gasteiger partial charge in [0.05, 0.1) is 17.0 Å². The maximum atomic E-state index is 11.9. The Morgan fingerprint density at radius 1 is 1.42 bits per heavy atom. The van der Waals surface area contributed by atoms with Crippen molar-refractivity contribution in [1.29, 1.82) is 0 Å². The Bertz CT molecular complexity index is 656. The quantitative estimate of drug-likeness (QED) is 0.798. The average Bonchev–Trinajstić information content (AvgIpc) is 2.83. The van der Waals surface area contributed by atoms with Crippen molar-refractivity contribution in [3.8, 4) is 0 Å². The van der Waals surface area contributed by atoms with Gasteiger partial charge in [-0.05, 0) is 18.2 Å². The Morgan fingerprint density at radius 2 is 2.16 bits per heavy atom. The lowest BCUT2D eigenvalue weighted by molar-refractivity contribution is 0.0686. The number of carboxylic acid groups (broad SMARTS) is 1. The smallest absolute Gasteiger partial charge is 0.354 e. The number of nitrogens with one attached hydrogen (secondary N) is 2. The number of aromatic amines is 1. The Labute approximate surface area is 120 Å². The van der Waals surface area contributed by atoms with Gasteiger partial charge in [-0.15, -0.1) is 0 Å². The summed E-state index contributed by atoms with van der Waals surface area (Å²) >= 11 is 9.17. The van der Waals surface area contributed by atoms with Crippen molar-refractivity contribution < 1.29 is 14.7 Å². The molecule has 0 aliphatic rings. The van der Waals surface area contributed by atoms with Crippen LogP contribution in [0.15, 0.2) is 29.0 Å². The van der Waals surface area contributed by atoms with Crippen LogP contribution in [0.1, 0.15) is 21.0 Å². The van der Waals surface area contributed by atoms with Crippen molar-refractivity contribution >= 4 is 45.1 Å². The van der Waals surface area contributed by atoms with Crippen LogP contribution in [-0.2, 0) is 0 Å². The molecule has 1 aromatic heterocycles. The first-order valence-electron chi connectivity index (χ1n) is 5.02. The van der Waals surface area contributed by atoms with Crippen molar-refractivity contribution in [3.63, 3.8) is 0 Å². The molecule has 1 heterocycles. The van der Waals surface area contributed by atoms with Crippen LogP contribution in [0.25, 0.3) is 0 Å². The summed E-state index contributed by atoms with van der Waals surface area (Å²) in [5.41, 5.74) is -0.118. The van der Waals surface area contributed by atoms with Gasteiger partial charge in [-0.1, -0.05) is 27.5 Å². The number of amides is 1. The summed E-state index contributed by atoms with van der Waals surface area (Å²) in [6.07, 6.45) is 1.14. The molecule has 0 aliphatic heterocycles. The van der Waals surface area contributed by atoms with Crippen LogP contribution in [0, 0.1) is 0 Å². The van der Waals surface area contributed by atoms with Crippen molar-refractivity contribution in [2.75, 3.05) is 5.32 Å². The number of carbonyl (C=O) groups excluding carboxylic acids is 1. The topological polar surface area (TPSA) is 95.1 Å². The van der Waals surface area contributed by atoms with Gasteiger partial charge in [-0.2, -0.15) is 0 Å². The highest BCUT2D eigenvalue weighted by Crippen LogP contribution is 2.26. The van der Waals surface area contributed by atoms with Crippen LogP contribution in [0.2, 0.25) is 5.02 Å². The number of carbonyl (C=O) groups is 2. The third-order valence-corrected chi connectivity index (χ3v) is 3.07. The molecule has 0 spiro atoms. The van der Waals surface area contributed by atoms with Gasteiger partial charge in [-0.25, -0.2) is 9.78 Å². The van der Waals surface area contributed by atoms with E-state index in [0.717, 1.165) is 10.8 Å². The summed E-state index contributed by atoms with van der Waals surface area (Å²) in [7, 11) is 0. The number of aromatic nitrogens is 2. The highest BCUT2D eigenvalue weighted by molar-refractivity contribution is 9.10. The SMILES string of the molecule is O=C(Nc1cc(Br)ccc1Cl)c1nc[nH]c1C(=O)O. The zero-order valence-electron chi connectivity index (χ0n) is 9.28. The standard InChI is InChI=1S/C11H7BrClN3O3/c12-5-1-2-6(13)7(3-5)16-10(17)8-9(11(18)19)15-4-14-8/h1-4H,(H,14,15)(H,16,17)(H,18,19). The van der Waals surface area contributed by atoms with Gasteiger partial charge in [0.2, 0.25) is 0 Å². The Hall–Kier alpha value is -1.86. The Morgan fingerprint density at radius 3 is 2.84 bits per heavy atom. The number of imidazole rings is 1. The molecule has 0 saturated heterocycles. The first kappa shape index (κ1) is 13.6. The van der Waals surface area contributed by atoms with E-state index < -0.39 is 11.9 Å². The maximum absolute atomic E-state index is 11.9. The van der Waals surface area contributed by atoms with E-state index in [1.807, 2.05) is 0 Å². The lowest BCUT2D eigenvalue weighted by atomic mass is 10.2. The molecule has 0 saturated carbocycles. The maximum Gasteiger partial charge on any atom is 0.354 e. The fourth-order valence-electron chi connectivity index (χ4n) is 1.40. The molecule has 3 N–H and O–H groups in total. The van der Waals surface area contributed by atoms with Crippen molar-refractivity contribution in [3.05, 3.63) is 45.4 Å². The van der Waals surface area contributed by atoms with E-state index in [9.17, 15) is 9.59 Å². The van der Waals surface area contributed by atoms with Crippen LogP contribution in [-0.4, -0.2) is 27.0 Å². The molecule has 6 nitrogen and oxygen atoms in total. The average molecular weight is 345 g/mol. The number of anilines is 1. The van der Waals surface area contributed by atoms with E-state index in [4.69, 9.17) is 16.7 Å². The van der Waals surface area contributed by atoms with Crippen LogP contribution in [0.3, 0.4) is 0 Å². The van der Waals surface area contributed by atoms with Gasteiger partial charge in [0, 0.05) is 4.47 Å². The molecule has 0 fully saturated rings. The van der Waals surface area contributed by atoms with Crippen LogP contribution in [0.4, 0.5) is 5.69 Å². The predicted octanol–water partition coefficient (Wildman–Crippen LogP) is 2.78. The lowest BCUT2D eigenvalue weighted by Gasteiger charge is -2.06. The number of halogens is 2. The zero-order valence-corrected chi connectivity index (χ0v) is 11.6. The molecule has 2 aromatic rings. The second kappa shape index (κ2) is 5.41. The minimum absolute atomic E-state index is 0.205. The number of hydrogen-bond acceptors (Lipinski definition) is 3. The second-order valence-electron chi connectivity index (χ2n) is 3.51. The number of benzene rings is 1. The van der Waals surface area contributed by atoms with Gasteiger partial charge in [0.1, 0.15) is 0 Å². The number of hydrogen-bond donors (Lipinski definition) is 3. The summed E-state index contributed by atoms with van der Waals surface area (Å²) in [6, 6.07) is 4.92. The van der Waals surface area contributed by atoms with Crippen LogP contribution < -0.4 is 5.32 Å². The summed E-state index contributed by atoms with van der Waals surface area (Å²) in [5, 5.41) is 11.7. The predicted molar refractivity (Wildman–Crippen MR) is 72.7 cm³/mol. The highest BCUT2D eigenvalue weighted by Gasteiger charge is 2.20. The summed E-state index contributed by atoms with van der Waals surface area (Å²) < 4.78 is 0.729. The van der Waals surface area contributed by atoms with E-state index in [2.05, 4.69) is 31.2 Å². The molecule has 19 heavy (non-hydrogen) atoms. The molecule has 0 radical (unpaired) electrons. The molecule has 8 heteroatoms. The molecule has 98 valence electrons. The number of aromatic carboxylic acids is 1. The largest absolute Gasteiger partial charge is 0.477 e. The number of carboxylic acids is 1. The van der Waals surface area contributed by atoms with Gasteiger partial charge >= 0.3 is 5.97 Å². The lowest BCUT2D eigenvalue weighted by Crippen LogP contribution is -2.16. The zero-order chi connectivity index (χ0) is 14.0. The van der Waals surface area contributed by atoms with Crippen LogP contribution >= 0.6 is 27.5 Å². The molecule has 1 amide bonds. The van der Waals surface area contributed by atoms with Crippen molar-refractivity contribution in [1.82, 2.24) is 9.97 Å². The fourth-order valence-corrected chi connectivity index (χ4v) is 1.93. The number of nitrogens with zero attached hydrogens (tertiary/aromatic N) is 1. The van der Waals surface area contributed by atoms with Crippen molar-refractivity contribution in [2.24, 2.45) is 0 Å². The molecule has 0 unspecified atom stereocenters. The van der Waals surface area contributed by atoms with Gasteiger partial charge in [0.25, 0.3) is 5.91 Å². The molecule has 0 atom stereocenters. The van der Waals surface area contributed by atoms with Gasteiger partial charge < -0.3 is 15.4 Å². The first-order valence-corrected chi connectivity index (χ1v) is 6.19. The summed E-state index contributed by atoms with van der Waals surface area (Å²) in [5.74, 6) is -1.92. The highest BCUT2D eigenvalue weighted by atomic mass is 79.9. The second-order valence-corrected chi connectivity index (χ2v) is 4.83. The van der Waals surface area contributed by atoms with E-state index in [-0.39, 0.29) is 11.4 Å². The minimum atomic E-state index is -1.26. The molecular formula is C11H7BrClN3O3. The normalized spacial score (nSPS) is 10.2. The van der Waals surface area contributed by atoms with E-state index >= 15 is 0 Å². The Kier molecular flexibility index (Phi) is 3.87. The summed E-state index contributed by atoms with van der Waals surface area (Å²) in [6.45, 7) is 0. The van der Waals surface area contributed by atoms with Crippen molar-refractivity contribution in [2.45, 2.75) is 0 Å². The monoisotopic (exact) mass is 343 g/mol. The molecule has 0 aliphatic carbocycles. The molecular weight excluding hydrogens is 337 g/mol. The molecule has 1 aromatic carbocycles.